The van der Waals surface area contributed by atoms with E-state index in [2.05, 4.69) is 0 Å². The Hall–Kier alpha value is -1.26. The van der Waals surface area contributed by atoms with Crippen LogP contribution >= 0.6 is 0 Å². The van der Waals surface area contributed by atoms with Crippen LogP contribution < -0.4 is 0 Å². The molecule has 2 rings (SSSR count). The molecule has 0 aromatic rings. The van der Waals surface area contributed by atoms with E-state index in [1.165, 1.54) is 0 Å². The molecule has 5 nitrogen and oxygen atoms in total. The summed E-state index contributed by atoms with van der Waals surface area (Å²) in [5.74, 6) is -0.433. The number of nitrogens with zero attached hydrogens (tertiary/aromatic N) is 1. The average molecular weight is 241 g/mol. The van der Waals surface area contributed by atoms with Crippen molar-refractivity contribution in [2.24, 2.45) is 11.3 Å². The molecule has 0 spiro atoms. The Morgan fingerprint density at radius 2 is 1.94 bits per heavy atom. The Labute approximate surface area is 101 Å². The molecule has 0 aromatic carbocycles. The molecule has 0 atom stereocenters. The van der Waals surface area contributed by atoms with Gasteiger partial charge in [0.2, 0.25) is 0 Å². The van der Waals surface area contributed by atoms with Crippen molar-refractivity contribution in [1.82, 2.24) is 4.90 Å². The number of ether oxygens (including phenoxy) is 1. The summed E-state index contributed by atoms with van der Waals surface area (Å²) in [6.45, 7) is 3.42. The first kappa shape index (κ1) is 12.2. The zero-order chi connectivity index (χ0) is 12.5. The van der Waals surface area contributed by atoms with E-state index in [0.717, 1.165) is 25.7 Å². The fourth-order valence-electron chi connectivity index (χ4n) is 2.76. The zero-order valence-corrected chi connectivity index (χ0v) is 10.1. The molecule has 5 heteroatoms. The van der Waals surface area contributed by atoms with Crippen LogP contribution in [0.1, 0.15) is 32.6 Å². The Kier molecular flexibility index (Phi) is 3.26. The maximum Gasteiger partial charge on any atom is 0.409 e. The fraction of sp³-hybridized carbons (Fsp3) is 0.833. The van der Waals surface area contributed by atoms with Gasteiger partial charge >= 0.3 is 12.1 Å². The van der Waals surface area contributed by atoms with Crippen molar-refractivity contribution in [3.63, 3.8) is 0 Å². The lowest BCUT2D eigenvalue weighted by Gasteiger charge is -2.34. The fourth-order valence-corrected chi connectivity index (χ4v) is 2.76. The summed E-state index contributed by atoms with van der Waals surface area (Å²) in [5, 5.41) is 9.21. The van der Waals surface area contributed by atoms with Crippen LogP contribution in [0.4, 0.5) is 4.79 Å². The second-order valence-electron chi connectivity index (χ2n) is 4.92. The molecule has 1 N–H and O–H groups in total. The minimum Gasteiger partial charge on any atom is -0.481 e. The number of amides is 1. The van der Waals surface area contributed by atoms with Gasteiger partial charge in [0.1, 0.15) is 0 Å². The van der Waals surface area contributed by atoms with Crippen molar-refractivity contribution in [1.29, 1.82) is 0 Å². The smallest absolute Gasteiger partial charge is 0.409 e. The van der Waals surface area contributed by atoms with Crippen molar-refractivity contribution in [3.05, 3.63) is 0 Å². The lowest BCUT2D eigenvalue weighted by atomic mass is 9.81. The third-order valence-corrected chi connectivity index (χ3v) is 4.02. The predicted octanol–water partition coefficient (Wildman–Crippen LogP) is 1.72. The van der Waals surface area contributed by atoms with Gasteiger partial charge in [-0.15, -0.1) is 0 Å². The van der Waals surface area contributed by atoms with Crippen LogP contribution in [0.5, 0.6) is 0 Å². The van der Waals surface area contributed by atoms with Gasteiger partial charge in [-0.05, 0) is 38.5 Å². The number of hydrogen-bond acceptors (Lipinski definition) is 3. The van der Waals surface area contributed by atoms with Crippen molar-refractivity contribution >= 4 is 12.1 Å². The molecule has 1 saturated carbocycles. The summed E-state index contributed by atoms with van der Waals surface area (Å²) < 4.78 is 4.94. The highest BCUT2D eigenvalue weighted by Crippen LogP contribution is 2.55. The molecule has 1 aliphatic carbocycles. The molecule has 0 aromatic heterocycles. The molecule has 0 unspecified atom stereocenters. The highest BCUT2D eigenvalue weighted by molar-refractivity contribution is 5.78. The molecule has 2 aliphatic rings. The normalized spacial score (nSPS) is 23.2. The third kappa shape index (κ3) is 2.23. The monoisotopic (exact) mass is 241 g/mol. The molecular formula is C12H19NO4. The molecule has 1 heterocycles. The first-order valence-corrected chi connectivity index (χ1v) is 6.25. The van der Waals surface area contributed by atoms with Gasteiger partial charge in [0, 0.05) is 13.1 Å². The second kappa shape index (κ2) is 4.55. The number of rotatable bonds is 3. The van der Waals surface area contributed by atoms with Gasteiger partial charge in [-0.1, -0.05) is 0 Å². The zero-order valence-electron chi connectivity index (χ0n) is 10.1. The number of hydrogen-bond donors (Lipinski definition) is 1. The molecule has 96 valence electrons. The van der Waals surface area contributed by atoms with Crippen molar-refractivity contribution in [2.45, 2.75) is 32.6 Å². The summed E-state index contributed by atoms with van der Waals surface area (Å²) >= 11 is 0. The maximum atomic E-state index is 11.5. The van der Waals surface area contributed by atoms with E-state index in [1.54, 1.807) is 11.8 Å². The van der Waals surface area contributed by atoms with Crippen LogP contribution in [0.2, 0.25) is 0 Å². The first-order chi connectivity index (χ1) is 8.10. The molecule has 0 radical (unpaired) electrons. The summed E-state index contributed by atoms with van der Waals surface area (Å²) in [4.78, 5) is 24.4. The van der Waals surface area contributed by atoms with E-state index in [4.69, 9.17) is 4.74 Å². The SMILES string of the molecule is CCOC(=O)N1CCC(C2(C(=O)O)CC2)CC1. The van der Waals surface area contributed by atoms with E-state index < -0.39 is 11.4 Å². The van der Waals surface area contributed by atoms with Gasteiger partial charge in [0.05, 0.1) is 12.0 Å². The van der Waals surface area contributed by atoms with E-state index in [-0.39, 0.29) is 12.0 Å². The predicted molar refractivity (Wildman–Crippen MR) is 60.6 cm³/mol. The maximum absolute atomic E-state index is 11.5. The van der Waals surface area contributed by atoms with E-state index in [0.29, 0.717) is 19.7 Å². The van der Waals surface area contributed by atoms with Crippen LogP contribution in [0.3, 0.4) is 0 Å². The van der Waals surface area contributed by atoms with Gasteiger partial charge in [-0.2, -0.15) is 0 Å². The van der Waals surface area contributed by atoms with Gasteiger partial charge in [0.15, 0.2) is 0 Å². The molecule has 1 saturated heterocycles. The molecule has 1 aliphatic heterocycles. The number of likely N-dealkylation sites (tertiary alicyclic amines) is 1. The van der Waals surface area contributed by atoms with Crippen molar-refractivity contribution < 1.29 is 19.4 Å². The van der Waals surface area contributed by atoms with Crippen molar-refractivity contribution in [3.8, 4) is 0 Å². The lowest BCUT2D eigenvalue weighted by molar-refractivity contribution is -0.146. The first-order valence-electron chi connectivity index (χ1n) is 6.25. The molecule has 0 bridgehead atoms. The lowest BCUT2D eigenvalue weighted by Crippen LogP contribution is -2.42. The van der Waals surface area contributed by atoms with Crippen LogP contribution in [-0.4, -0.2) is 41.8 Å². The quantitative estimate of drug-likeness (QED) is 0.817. The van der Waals surface area contributed by atoms with E-state index in [9.17, 15) is 14.7 Å². The number of aliphatic carboxylic acids is 1. The van der Waals surface area contributed by atoms with Crippen LogP contribution in [0.15, 0.2) is 0 Å². The van der Waals surface area contributed by atoms with Gasteiger partial charge in [-0.3, -0.25) is 4.79 Å². The highest BCUT2D eigenvalue weighted by atomic mass is 16.6. The standard InChI is InChI=1S/C12H19NO4/c1-2-17-11(16)13-7-3-9(4-8-13)12(5-6-12)10(14)15/h9H,2-8H2,1H3,(H,14,15). The molecular weight excluding hydrogens is 222 g/mol. The molecule has 17 heavy (non-hydrogen) atoms. The van der Waals surface area contributed by atoms with E-state index in [1.807, 2.05) is 0 Å². The number of carbonyl (C=O) groups is 2. The minimum absolute atomic E-state index is 0.227. The topological polar surface area (TPSA) is 66.8 Å². The highest BCUT2D eigenvalue weighted by Gasteiger charge is 2.56. The van der Waals surface area contributed by atoms with Gasteiger partial charge in [-0.25, -0.2) is 4.79 Å². The summed E-state index contributed by atoms with van der Waals surface area (Å²) in [7, 11) is 0. The van der Waals surface area contributed by atoms with Gasteiger partial charge < -0.3 is 14.7 Å². The van der Waals surface area contributed by atoms with Crippen LogP contribution in [0.25, 0.3) is 0 Å². The Morgan fingerprint density at radius 1 is 1.35 bits per heavy atom. The molecule has 2 fully saturated rings. The number of carboxylic acid groups (broad SMARTS) is 1. The largest absolute Gasteiger partial charge is 0.481 e. The van der Waals surface area contributed by atoms with E-state index >= 15 is 0 Å². The Balaban J connectivity index is 1.86. The third-order valence-electron chi connectivity index (χ3n) is 4.02. The minimum atomic E-state index is -0.660. The summed E-state index contributed by atoms with van der Waals surface area (Å²) in [6.07, 6.45) is 2.89. The molecule has 1 amide bonds. The van der Waals surface area contributed by atoms with Crippen molar-refractivity contribution in [2.75, 3.05) is 19.7 Å². The summed E-state index contributed by atoms with van der Waals surface area (Å²) in [5.41, 5.74) is -0.471. The summed E-state index contributed by atoms with van der Waals surface area (Å²) in [6, 6.07) is 0. The van der Waals surface area contributed by atoms with Gasteiger partial charge in [0.25, 0.3) is 0 Å². The van der Waals surface area contributed by atoms with Crippen LogP contribution in [-0.2, 0) is 9.53 Å². The number of carbonyl (C=O) groups excluding carboxylic acids is 1. The van der Waals surface area contributed by atoms with Crippen LogP contribution in [0, 0.1) is 11.3 Å². The number of piperidine rings is 1. The number of carboxylic acids is 1. The second-order valence-corrected chi connectivity index (χ2v) is 4.92. The average Bonchev–Trinajstić information content (AvgIpc) is 3.11. The Morgan fingerprint density at radius 3 is 2.35 bits per heavy atom. The Bertz CT molecular complexity index is 316.